The Hall–Kier alpha value is -3.61. The third-order valence-electron chi connectivity index (χ3n) is 4.35. The van der Waals surface area contributed by atoms with Crippen LogP contribution in [0.3, 0.4) is 0 Å². The second-order valence-electron chi connectivity index (χ2n) is 6.09. The number of benzene rings is 2. The Morgan fingerprint density at radius 1 is 1.26 bits per heavy atom. The molecule has 2 heterocycles. The van der Waals surface area contributed by atoms with Crippen molar-refractivity contribution >= 4 is 28.9 Å². The van der Waals surface area contributed by atoms with Gasteiger partial charge in [0.1, 0.15) is 11.6 Å². The number of amides is 1. The Kier molecular flexibility index (Phi) is 4.33. The quantitative estimate of drug-likeness (QED) is 0.604. The Bertz CT molecular complexity index is 1030. The van der Waals surface area contributed by atoms with Gasteiger partial charge in [-0.15, -0.1) is 0 Å². The molecule has 3 N–H and O–H groups in total. The van der Waals surface area contributed by atoms with Gasteiger partial charge < -0.3 is 20.4 Å². The number of hydrogen-bond donors (Lipinski definition) is 3. The Balaban J connectivity index is 1.59. The molecule has 136 valence electrons. The molecule has 0 spiro atoms. The number of aromatic nitrogens is 2. The number of carbonyl (C=O) groups excluding carboxylic acids is 1. The normalized spacial score (nSPS) is 14.1. The molecule has 1 amide bonds. The van der Waals surface area contributed by atoms with E-state index < -0.39 is 0 Å². The summed E-state index contributed by atoms with van der Waals surface area (Å²) in [5.74, 6) is 0.131. The molecule has 0 saturated carbocycles. The first kappa shape index (κ1) is 16.8. The molecule has 7 heteroatoms. The van der Waals surface area contributed by atoms with Crippen LogP contribution in [0.5, 0.6) is 5.75 Å². The first-order valence-corrected chi connectivity index (χ1v) is 8.36. The highest BCUT2D eigenvalue weighted by atomic mass is 19.1. The molecule has 1 aliphatic heterocycles. The van der Waals surface area contributed by atoms with Gasteiger partial charge in [-0.25, -0.2) is 9.37 Å². The molecule has 2 aromatic carbocycles. The van der Waals surface area contributed by atoms with Crippen molar-refractivity contribution < 1.29 is 13.9 Å². The Morgan fingerprint density at radius 2 is 2.15 bits per heavy atom. The predicted octanol–water partition coefficient (Wildman–Crippen LogP) is 3.66. The van der Waals surface area contributed by atoms with Gasteiger partial charge >= 0.3 is 0 Å². The van der Waals surface area contributed by atoms with Crippen molar-refractivity contribution in [1.29, 1.82) is 0 Å². The van der Waals surface area contributed by atoms with Gasteiger partial charge in [-0.3, -0.25) is 4.79 Å². The van der Waals surface area contributed by atoms with Crippen LogP contribution in [0.4, 0.5) is 15.8 Å². The van der Waals surface area contributed by atoms with Crippen molar-refractivity contribution in [1.82, 2.24) is 9.97 Å². The lowest BCUT2D eigenvalue weighted by molar-refractivity contribution is -0.110. The Labute approximate surface area is 155 Å². The number of hydrogen-bond acceptors (Lipinski definition) is 4. The monoisotopic (exact) mass is 364 g/mol. The smallest absolute Gasteiger partial charge is 0.256 e. The molecule has 0 saturated heterocycles. The second-order valence-corrected chi connectivity index (χ2v) is 6.09. The zero-order valence-corrected chi connectivity index (χ0v) is 14.5. The summed E-state index contributed by atoms with van der Waals surface area (Å²) in [6, 6.07) is 10.00. The first-order valence-electron chi connectivity index (χ1n) is 8.36. The summed E-state index contributed by atoms with van der Waals surface area (Å²) in [7, 11) is 1.55. The standard InChI is InChI=1S/C20H17FN4O2/c1-27-19-5-2-13(21)6-12(19)9-23-14-3-4-18-16(7-14)17(20(26)25-18)8-15-10-22-11-24-15/h2-8,10-11,23H,9H2,1H3,(H,22,24)(H,25,26)/b17-8-. The van der Waals surface area contributed by atoms with Crippen LogP contribution < -0.4 is 15.4 Å². The number of nitrogens with zero attached hydrogens (tertiary/aromatic N) is 1. The molecule has 1 aliphatic rings. The van der Waals surface area contributed by atoms with Crippen molar-refractivity contribution in [3.63, 3.8) is 0 Å². The summed E-state index contributed by atoms with van der Waals surface area (Å²) >= 11 is 0. The van der Waals surface area contributed by atoms with Gasteiger partial charge in [0, 0.05) is 29.0 Å². The fourth-order valence-corrected chi connectivity index (χ4v) is 3.02. The average molecular weight is 364 g/mol. The number of rotatable bonds is 5. The van der Waals surface area contributed by atoms with Crippen molar-refractivity contribution in [2.75, 3.05) is 17.7 Å². The lowest BCUT2D eigenvalue weighted by Crippen LogP contribution is -2.03. The van der Waals surface area contributed by atoms with Crippen molar-refractivity contribution in [2.24, 2.45) is 0 Å². The maximum atomic E-state index is 13.5. The van der Waals surface area contributed by atoms with Crippen LogP contribution in [0.2, 0.25) is 0 Å². The zero-order chi connectivity index (χ0) is 18.8. The summed E-state index contributed by atoms with van der Waals surface area (Å²) in [5.41, 5.74) is 4.37. The number of H-pyrrole nitrogens is 1. The molecule has 6 nitrogen and oxygen atoms in total. The molecular weight excluding hydrogens is 347 g/mol. The third kappa shape index (κ3) is 3.39. The van der Waals surface area contributed by atoms with E-state index >= 15 is 0 Å². The van der Waals surface area contributed by atoms with E-state index in [2.05, 4.69) is 20.6 Å². The van der Waals surface area contributed by atoms with E-state index in [-0.39, 0.29) is 11.7 Å². The van der Waals surface area contributed by atoms with Crippen molar-refractivity contribution in [3.8, 4) is 5.75 Å². The SMILES string of the molecule is COc1ccc(F)cc1CNc1ccc2c(c1)/C(=C/c1cnc[nH]1)C(=O)N2. The van der Waals surface area contributed by atoms with Gasteiger partial charge in [0.25, 0.3) is 5.91 Å². The minimum atomic E-state index is -0.318. The minimum absolute atomic E-state index is 0.163. The van der Waals surface area contributed by atoms with Gasteiger partial charge in [0.05, 0.1) is 30.9 Å². The summed E-state index contributed by atoms with van der Waals surface area (Å²) in [5, 5.41) is 6.10. The number of imidazole rings is 1. The van der Waals surface area contributed by atoms with Crippen LogP contribution >= 0.6 is 0 Å². The number of methoxy groups -OCH3 is 1. The highest BCUT2D eigenvalue weighted by molar-refractivity contribution is 6.35. The molecule has 4 rings (SSSR count). The molecule has 27 heavy (non-hydrogen) atoms. The summed E-state index contributed by atoms with van der Waals surface area (Å²) in [6.45, 7) is 0.390. The second kappa shape index (κ2) is 6.95. The number of aromatic amines is 1. The minimum Gasteiger partial charge on any atom is -0.496 e. The van der Waals surface area contributed by atoms with Crippen LogP contribution in [0.1, 0.15) is 16.8 Å². The summed E-state index contributed by atoms with van der Waals surface area (Å²) in [6.07, 6.45) is 4.97. The van der Waals surface area contributed by atoms with E-state index in [0.29, 0.717) is 23.4 Å². The number of anilines is 2. The maximum absolute atomic E-state index is 13.5. The van der Waals surface area contributed by atoms with Gasteiger partial charge in [-0.05, 0) is 42.5 Å². The van der Waals surface area contributed by atoms with Crippen LogP contribution in [-0.2, 0) is 11.3 Å². The lowest BCUT2D eigenvalue weighted by atomic mass is 10.1. The van der Waals surface area contributed by atoms with Gasteiger partial charge in [-0.1, -0.05) is 0 Å². The van der Waals surface area contributed by atoms with E-state index in [1.54, 1.807) is 31.8 Å². The molecule has 3 aromatic rings. The van der Waals surface area contributed by atoms with Gasteiger partial charge in [0.15, 0.2) is 0 Å². The average Bonchev–Trinajstić information content (AvgIpc) is 3.29. The molecule has 0 bridgehead atoms. The molecule has 0 radical (unpaired) electrons. The maximum Gasteiger partial charge on any atom is 0.256 e. The Morgan fingerprint density at radius 3 is 2.93 bits per heavy atom. The predicted molar refractivity (Wildman–Crippen MR) is 102 cm³/mol. The van der Waals surface area contributed by atoms with E-state index in [4.69, 9.17) is 4.74 Å². The van der Waals surface area contributed by atoms with E-state index in [1.807, 2.05) is 18.2 Å². The highest BCUT2D eigenvalue weighted by Gasteiger charge is 2.24. The van der Waals surface area contributed by atoms with Crippen molar-refractivity contribution in [3.05, 3.63) is 71.6 Å². The molecule has 1 aromatic heterocycles. The van der Waals surface area contributed by atoms with Crippen molar-refractivity contribution in [2.45, 2.75) is 6.54 Å². The lowest BCUT2D eigenvalue weighted by Gasteiger charge is -2.11. The fraction of sp³-hybridized carbons (Fsp3) is 0.100. The zero-order valence-electron chi connectivity index (χ0n) is 14.5. The highest BCUT2D eigenvalue weighted by Crippen LogP contribution is 2.35. The fourth-order valence-electron chi connectivity index (χ4n) is 3.02. The number of nitrogens with one attached hydrogen (secondary N) is 3. The van der Waals surface area contributed by atoms with Gasteiger partial charge in [-0.2, -0.15) is 0 Å². The largest absolute Gasteiger partial charge is 0.496 e. The summed E-state index contributed by atoms with van der Waals surface area (Å²) < 4.78 is 18.8. The van der Waals surface area contributed by atoms with E-state index in [9.17, 15) is 9.18 Å². The topological polar surface area (TPSA) is 79.0 Å². The molecule has 0 aliphatic carbocycles. The van der Waals surface area contributed by atoms with Crippen LogP contribution in [0.15, 0.2) is 48.9 Å². The molecule has 0 atom stereocenters. The van der Waals surface area contributed by atoms with Crippen LogP contribution in [-0.4, -0.2) is 23.0 Å². The van der Waals surface area contributed by atoms with E-state index in [0.717, 1.165) is 22.6 Å². The van der Waals surface area contributed by atoms with E-state index in [1.165, 1.54) is 12.1 Å². The first-order chi connectivity index (χ1) is 13.1. The van der Waals surface area contributed by atoms with Crippen LogP contribution in [0.25, 0.3) is 11.6 Å². The number of carbonyl (C=O) groups is 1. The number of fused-ring (bicyclic) bond motifs is 1. The molecule has 0 fully saturated rings. The van der Waals surface area contributed by atoms with Gasteiger partial charge in [0.2, 0.25) is 0 Å². The molecular formula is C20H17FN4O2. The van der Waals surface area contributed by atoms with Crippen LogP contribution in [0, 0.1) is 5.82 Å². The number of ether oxygens (including phenoxy) is 1. The summed E-state index contributed by atoms with van der Waals surface area (Å²) in [4.78, 5) is 19.2. The third-order valence-corrected chi connectivity index (χ3v) is 4.35. The number of halogens is 1. The molecule has 0 unspecified atom stereocenters.